The molecule has 54 valence electrons. The zero-order valence-electron chi connectivity index (χ0n) is 6.91. The second kappa shape index (κ2) is 1.63. The summed E-state index contributed by atoms with van der Waals surface area (Å²) < 4.78 is 0. The van der Waals surface area contributed by atoms with Crippen LogP contribution in [0.15, 0.2) is 0 Å². The van der Waals surface area contributed by atoms with Crippen molar-refractivity contribution >= 4 is 5.78 Å². The van der Waals surface area contributed by atoms with Crippen LogP contribution in [-0.4, -0.2) is 5.78 Å². The SMILES string of the molecule is CC1(C)C#CC(=O)C1(C)C. The molecule has 0 fully saturated rings. The minimum atomic E-state index is -0.312. The Kier molecular flexibility index (Phi) is 1.20. The normalized spacial score (nSPS) is 25.8. The highest BCUT2D eigenvalue weighted by atomic mass is 16.1. The molecule has 1 heteroatoms. The van der Waals surface area contributed by atoms with Crippen LogP contribution in [0.25, 0.3) is 0 Å². The first-order chi connectivity index (χ1) is 4.38. The second-order valence-corrected chi connectivity index (χ2v) is 3.83. The molecule has 0 amide bonds. The summed E-state index contributed by atoms with van der Waals surface area (Å²) in [6, 6.07) is 0. The summed E-state index contributed by atoms with van der Waals surface area (Å²) in [5, 5.41) is 0. The average molecular weight is 136 g/mol. The number of Topliss-reactive ketones (excluding diaryl/α,β-unsaturated/α-hetero) is 1. The smallest absolute Gasteiger partial charge is 0.212 e. The lowest BCUT2D eigenvalue weighted by Gasteiger charge is -2.30. The van der Waals surface area contributed by atoms with Gasteiger partial charge in [0.25, 0.3) is 0 Å². The van der Waals surface area contributed by atoms with Gasteiger partial charge in [0.15, 0.2) is 0 Å². The van der Waals surface area contributed by atoms with E-state index in [0.29, 0.717) is 0 Å². The Hall–Kier alpha value is -0.770. The third kappa shape index (κ3) is 0.686. The third-order valence-electron chi connectivity index (χ3n) is 2.62. The molecule has 0 saturated carbocycles. The number of rotatable bonds is 0. The van der Waals surface area contributed by atoms with Gasteiger partial charge >= 0.3 is 0 Å². The summed E-state index contributed by atoms with van der Waals surface area (Å²) in [5.74, 6) is 5.61. The van der Waals surface area contributed by atoms with Gasteiger partial charge in [-0.25, -0.2) is 0 Å². The molecule has 0 saturated heterocycles. The number of hydrogen-bond acceptors (Lipinski definition) is 1. The first kappa shape index (κ1) is 7.34. The van der Waals surface area contributed by atoms with Gasteiger partial charge in [-0.3, -0.25) is 4.79 Å². The summed E-state index contributed by atoms with van der Waals surface area (Å²) >= 11 is 0. The van der Waals surface area contributed by atoms with Gasteiger partial charge in [0.1, 0.15) is 0 Å². The van der Waals surface area contributed by atoms with Gasteiger partial charge in [0.2, 0.25) is 5.78 Å². The molecule has 1 aliphatic rings. The van der Waals surface area contributed by atoms with Crippen LogP contribution in [-0.2, 0) is 4.79 Å². The molecular weight excluding hydrogens is 124 g/mol. The van der Waals surface area contributed by atoms with E-state index in [-0.39, 0.29) is 16.6 Å². The maximum atomic E-state index is 11.1. The van der Waals surface area contributed by atoms with Crippen LogP contribution in [0.3, 0.4) is 0 Å². The van der Waals surface area contributed by atoms with Gasteiger partial charge in [-0.2, -0.15) is 0 Å². The summed E-state index contributed by atoms with van der Waals surface area (Å²) in [7, 11) is 0. The van der Waals surface area contributed by atoms with Gasteiger partial charge in [-0.1, -0.05) is 19.8 Å². The molecule has 0 spiro atoms. The molecule has 1 nitrogen and oxygen atoms in total. The van der Waals surface area contributed by atoms with Crippen molar-refractivity contribution in [2.45, 2.75) is 27.7 Å². The van der Waals surface area contributed by atoms with Crippen LogP contribution >= 0.6 is 0 Å². The van der Waals surface area contributed by atoms with E-state index in [4.69, 9.17) is 0 Å². The van der Waals surface area contributed by atoms with Crippen LogP contribution in [0.5, 0.6) is 0 Å². The molecular formula is C9H12O. The van der Waals surface area contributed by atoms with E-state index in [1.165, 1.54) is 0 Å². The Morgan fingerprint density at radius 2 is 1.70 bits per heavy atom. The highest BCUT2D eigenvalue weighted by molar-refractivity contribution is 6.03. The number of carbonyl (C=O) groups is 1. The van der Waals surface area contributed by atoms with Crippen molar-refractivity contribution < 1.29 is 4.79 Å². The second-order valence-electron chi connectivity index (χ2n) is 3.83. The molecule has 1 rings (SSSR count). The summed E-state index contributed by atoms with van der Waals surface area (Å²) in [6.45, 7) is 7.88. The fraction of sp³-hybridized carbons (Fsp3) is 0.667. The molecule has 0 atom stereocenters. The summed E-state index contributed by atoms with van der Waals surface area (Å²) in [6.07, 6.45) is 0. The quantitative estimate of drug-likeness (QED) is 0.365. The fourth-order valence-electron chi connectivity index (χ4n) is 0.809. The van der Waals surface area contributed by atoms with Crippen LogP contribution in [0.1, 0.15) is 27.7 Å². The highest BCUT2D eigenvalue weighted by Crippen LogP contribution is 2.41. The molecule has 0 aromatic carbocycles. The predicted molar refractivity (Wildman–Crippen MR) is 40.3 cm³/mol. The lowest BCUT2D eigenvalue weighted by molar-refractivity contribution is -0.123. The molecule has 0 aromatic heterocycles. The fourth-order valence-corrected chi connectivity index (χ4v) is 0.809. The van der Waals surface area contributed by atoms with Crippen LogP contribution < -0.4 is 0 Å². The maximum Gasteiger partial charge on any atom is 0.212 e. The maximum absolute atomic E-state index is 11.1. The zero-order valence-corrected chi connectivity index (χ0v) is 6.91. The van der Waals surface area contributed by atoms with Gasteiger partial charge in [0, 0.05) is 5.41 Å². The van der Waals surface area contributed by atoms with Gasteiger partial charge < -0.3 is 0 Å². The van der Waals surface area contributed by atoms with E-state index in [9.17, 15) is 4.79 Å². The highest BCUT2D eigenvalue weighted by Gasteiger charge is 2.44. The van der Waals surface area contributed by atoms with E-state index >= 15 is 0 Å². The number of ketones is 1. The molecule has 0 heterocycles. The van der Waals surface area contributed by atoms with E-state index in [2.05, 4.69) is 11.8 Å². The summed E-state index contributed by atoms with van der Waals surface area (Å²) in [5.41, 5.74) is -0.461. The Morgan fingerprint density at radius 3 is 1.80 bits per heavy atom. The van der Waals surface area contributed by atoms with Crippen LogP contribution in [0.4, 0.5) is 0 Å². The molecule has 0 aliphatic heterocycles. The standard InChI is InChI=1S/C9H12O/c1-8(2)6-5-7(10)9(8,3)4/h1-4H3. The number of carbonyl (C=O) groups excluding carboxylic acids is 1. The molecule has 0 unspecified atom stereocenters. The predicted octanol–water partition coefficient (Wildman–Crippen LogP) is 1.62. The molecule has 0 bridgehead atoms. The van der Waals surface area contributed by atoms with Gasteiger partial charge in [-0.05, 0) is 19.8 Å². The average Bonchev–Trinajstić information content (AvgIpc) is 1.94. The van der Waals surface area contributed by atoms with Crippen molar-refractivity contribution in [3.05, 3.63) is 0 Å². The third-order valence-corrected chi connectivity index (χ3v) is 2.62. The Labute approximate surface area is 61.8 Å². The Balaban J connectivity index is 3.09. The first-order valence-corrected chi connectivity index (χ1v) is 3.45. The Bertz CT molecular complexity index is 235. The minimum absolute atomic E-state index is 0.0671. The van der Waals surface area contributed by atoms with E-state index in [1.807, 2.05) is 27.7 Å². The molecule has 0 radical (unpaired) electrons. The summed E-state index contributed by atoms with van der Waals surface area (Å²) in [4.78, 5) is 11.1. The minimum Gasteiger partial charge on any atom is -0.284 e. The molecule has 10 heavy (non-hydrogen) atoms. The van der Waals surface area contributed by atoms with Crippen molar-refractivity contribution in [3.8, 4) is 11.8 Å². The lowest BCUT2D eigenvalue weighted by Crippen LogP contribution is -2.33. The van der Waals surface area contributed by atoms with Crippen LogP contribution in [0, 0.1) is 22.7 Å². The van der Waals surface area contributed by atoms with Crippen LogP contribution in [0.2, 0.25) is 0 Å². The lowest BCUT2D eigenvalue weighted by atomic mass is 9.70. The molecule has 1 aliphatic carbocycles. The topological polar surface area (TPSA) is 17.1 Å². The zero-order chi connectivity index (χ0) is 7.99. The number of hydrogen-bond donors (Lipinski definition) is 0. The van der Waals surface area contributed by atoms with Crippen molar-refractivity contribution in [2.75, 3.05) is 0 Å². The Morgan fingerprint density at radius 1 is 1.20 bits per heavy atom. The van der Waals surface area contributed by atoms with Gasteiger partial charge in [-0.15, -0.1) is 0 Å². The van der Waals surface area contributed by atoms with Crippen molar-refractivity contribution in [1.29, 1.82) is 0 Å². The first-order valence-electron chi connectivity index (χ1n) is 3.45. The van der Waals surface area contributed by atoms with E-state index < -0.39 is 0 Å². The van der Waals surface area contributed by atoms with Crippen molar-refractivity contribution in [1.82, 2.24) is 0 Å². The molecule has 0 aromatic rings. The monoisotopic (exact) mass is 136 g/mol. The van der Waals surface area contributed by atoms with E-state index in [0.717, 1.165) is 0 Å². The van der Waals surface area contributed by atoms with Crippen molar-refractivity contribution in [3.63, 3.8) is 0 Å². The molecule has 0 N–H and O–H groups in total. The van der Waals surface area contributed by atoms with Crippen molar-refractivity contribution in [2.24, 2.45) is 10.8 Å². The van der Waals surface area contributed by atoms with Gasteiger partial charge in [0.05, 0.1) is 5.41 Å². The largest absolute Gasteiger partial charge is 0.284 e. The van der Waals surface area contributed by atoms with E-state index in [1.54, 1.807) is 0 Å².